The molecule has 2 aromatic heterocycles. The highest BCUT2D eigenvalue weighted by Gasteiger charge is 2.01. The van der Waals surface area contributed by atoms with Crippen LogP contribution in [0.2, 0.25) is 0 Å². The molecule has 0 fully saturated rings. The van der Waals surface area contributed by atoms with Gasteiger partial charge in [-0.1, -0.05) is 6.92 Å². The second-order valence-electron chi connectivity index (χ2n) is 3.93. The molecule has 0 spiro atoms. The molecular weight excluding hydrogens is 310 g/mol. The van der Waals surface area contributed by atoms with Crippen molar-refractivity contribution in [2.45, 2.75) is 19.9 Å². The first-order valence-electron chi connectivity index (χ1n) is 5.94. The third kappa shape index (κ3) is 3.71. The summed E-state index contributed by atoms with van der Waals surface area (Å²) < 4.78 is 1.16. The number of halogens is 1. The Bertz CT molecular complexity index is 498. The molecule has 96 valence electrons. The number of pyridine rings is 1. The fourth-order valence-corrected chi connectivity index (χ4v) is 2.97. The second-order valence-corrected chi connectivity index (χ2v) is 5.79. The van der Waals surface area contributed by atoms with Gasteiger partial charge < -0.3 is 10.6 Å². The summed E-state index contributed by atoms with van der Waals surface area (Å²) in [5.41, 5.74) is 2.10. The molecule has 0 bridgehead atoms. The summed E-state index contributed by atoms with van der Waals surface area (Å²) in [7, 11) is 0. The third-order valence-electron chi connectivity index (χ3n) is 2.46. The van der Waals surface area contributed by atoms with E-state index >= 15 is 0 Å². The number of anilines is 2. The standard InChI is InChI=1S/C13H16BrN3S/c1-2-4-16-10-6-11(8-15-7-10)17-9-13-12(14)3-5-18-13/h3,5-8,16-17H,2,4,9H2,1H3. The molecule has 3 nitrogen and oxygen atoms in total. The third-order valence-corrected chi connectivity index (χ3v) is 4.39. The van der Waals surface area contributed by atoms with Crippen molar-refractivity contribution in [3.63, 3.8) is 0 Å². The number of hydrogen-bond donors (Lipinski definition) is 2. The van der Waals surface area contributed by atoms with E-state index in [1.807, 2.05) is 12.4 Å². The van der Waals surface area contributed by atoms with Crippen LogP contribution in [0.5, 0.6) is 0 Å². The Morgan fingerprint density at radius 3 is 2.72 bits per heavy atom. The van der Waals surface area contributed by atoms with Crippen LogP contribution in [0.1, 0.15) is 18.2 Å². The topological polar surface area (TPSA) is 37.0 Å². The highest BCUT2D eigenvalue weighted by atomic mass is 79.9. The molecule has 0 aliphatic heterocycles. The molecule has 2 aromatic rings. The van der Waals surface area contributed by atoms with Crippen LogP contribution in [-0.4, -0.2) is 11.5 Å². The zero-order valence-electron chi connectivity index (χ0n) is 10.2. The molecule has 0 atom stereocenters. The van der Waals surface area contributed by atoms with Crippen LogP contribution in [0.4, 0.5) is 11.4 Å². The van der Waals surface area contributed by atoms with Crippen molar-refractivity contribution in [2.24, 2.45) is 0 Å². The van der Waals surface area contributed by atoms with E-state index < -0.39 is 0 Å². The van der Waals surface area contributed by atoms with Gasteiger partial charge in [0.15, 0.2) is 0 Å². The summed E-state index contributed by atoms with van der Waals surface area (Å²) in [5, 5.41) is 8.79. The average Bonchev–Trinajstić information content (AvgIpc) is 2.80. The van der Waals surface area contributed by atoms with Gasteiger partial charge in [-0.05, 0) is 39.9 Å². The Balaban J connectivity index is 1.95. The van der Waals surface area contributed by atoms with E-state index in [-0.39, 0.29) is 0 Å². The number of nitrogens with zero attached hydrogens (tertiary/aromatic N) is 1. The van der Waals surface area contributed by atoms with Crippen molar-refractivity contribution in [1.82, 2.24) is 4.98 Å². The molecule has 0 aromatic carbocycles. The van der Waals surface area contributed by atoms with Gasteiger partial charge >= 0.3 is 0 Å². The van der Waals surface area contributed by atoms with E-state index in [0.717, 1.165) is 35.4 Å². The van der Waals surface area contributed by atoms with Gasteiger partial charge in [-0.25, -0.2) is 0 Å². The smallest absolute Gasteiger partial charge is 0.0550 e. The van der Waals surface area contributed by atoms with Crippen LogP contribution in [0.3, 0.4) is 0 Å². The van der Waals surface area contributed by atoms with Crippen molar-refractivity contribution < 1.29 is 0 Å². The maximum absolute atomic E-state index is 4.23. The van der Waals surface area contributed by atoms with E-state index in [9.17, 15) is 0 Å². The van der Waals surface area contributed by atoms with E-state index in [1.54, 1.807) is 11.3 Å². The Hall–Kier alpha value is -1.07. The van der Waals surface area contributed by atoms with Gasteiger partial charge in [0.2, 0.25) is 0 Å². The summed E-state index contributed by atoms with van der Waals surface area (Å²) >= 11 is 5.27. The lowest BCUT2D eigenvalue weighted by atomic mass is 10.3. The molecule has 2 heterocycles. The second kappa shape index (κ2) is 6.75. The van der Waals surface area contributed by atoms with Gasteiger partial charge in [0.25, 0.3) is 0 Å². The number of nitrogens with one attached hydrogen (secondary N) is 2. The fourth-order valence-electron chi connectivity index (χ4n) is 1.54. The minimum absolute atomic E-state index is 0.817. The van der Waals surface area contributed by atoms with Crippen LogP contribution < -0.4 is 10.6 Å². The maximum Gasteiger partial charge on any atom is 0.0550 e. The first-order valence-corrected chi connectivity index (χ1v) is 7.61. The van der Waals surface area contributed by atoms with Crippen molar-refractivity contribution in [3.05, 3.63) is 39.3 Å². The van der Waals surface area contributed by atoms with Crippen molar-refractivity contribution in [3.8, 4) is 0 Å². The lowest BCUT2D eigenvalue weighted by Gasteiger charge is -2.08. The number of thiophene rings is 1. The van der Waals surface area contributed by atoms with Crippen molar-refractivity contribution >= 4 is 38.6 Å². The van der Waals surface area contributed by atoms with E-state index in [2.05, 4.69) is 56.0 Å². The predicted molar refractivity (Wildman–Crippen MR) is 82.4 cm³/mol. The van der Waals surface area contributed by atoms with Gasteiger partial charge in [0.1, 0.15) is 0 Å². The summed E-state index contributed by atoms with van der Waals surface area (Å²) in [4.78, 5) is 5.52. The molecule has 2 N–H and O–H groups in total. The first kappa shape index (κ1) is 13.4. The molecule has 0 aliphatic carbocycles. The Labute approximate surface area is 120 Å². The largest absolute Gasteiger partial charge is 0.384 e. The monoisotopic (exact) mass is 325 g/mol. The zero-order valence-corrected chi connectivity index (χ0v) is 12.6. The van der Waals surface area contributed by atoms with E-state index in [0.29, 0.717) is 0 Å². The predicted octanol–water partition coefficient (Wildman–Crippen LogP) is 4.34. The van der Waals surface area contributed by atoms with Gasteiger partial charge in [-0.3, -0.25) is 4.98 Å². The molecule has 18 heavy (non-hydrogen) atoms. The van der Waals surface area contributed by atoms with Gasteiger partial charge in [-0.15, -0.1) is 11.3 Å². The van der Waals surface area contributed by atoms with Crippen molar-refractivity contribution in [1.29, 1.82) is 0 Å². The number of rotatable bonds is 6. The van der Waals surface area contributed by atoms with Crippen LogP contribution in [0.25, 0.3) is 0 Å². The lowest BCUT2D eigenvalue weighted by Crippen LogP contribution is -2.02. The highest BCUT2D eigenvalue weighted by molar-refractivity contribution is 9.10. The number of aromatic nitrogens is 1. The van der Waals surface area contributed by atoms with Crippen LogP contribution >= 0.6 is 27.3 Å². The molecule has 0 saturated heterocycles. The van der Waals surface area contributed by atoms with Gasteiger partial charge in [0.05, 0.1) is 30.3 Å². The van der Waals surface area contributed by atoms with Crippen LogP contribution in [0, 0.1) is 0 Å². The molecule has 0 radical (unpaired) electrons. The molecule has 5 heteroatoms. The van der Waals surface area contributed by atoms with Crippen molar-refractivity contribution in [2.75, 3.05) is 17.2 Å². The van der Waals surface area contributed by atoms with Crippen LogP contribution in [0.15, 0.2) is 34.4 Å². The van der Waals surface area contributed by atoms with Gasteiger partial charge in [0, 0.05) is 15.9 Å². The van der Waals surface area contributed by atoms with Gasteiger partial charge in [-0.2, -0.15) is 0 Å². The SMILES string of the molecule is CCCNc1cncc(NCc2sccc2Br)c1. The van der Waals surface area contributed by atoms with E-state index in [1.165, 1.54) is 4.88 Å². The number of hydrogen-bond acceptors (Lipinski definition) is 4. The molecule has 0 aliphatic rings. The average molecular weight is 326 g/mol. The Morgan fingerprint density at radius 1 is 1.28 bits per heavy atom. The Kier molecular flexibility index (Phi) is 5.01. The summed E-state index contributed by atoms with van der Waals surface area (Å²) in [6.45, 7) is 3.94. The first-order chi connectivity index (χ1) is 8.79. The Morgan fingerprint density at radius 2 is 2.06 bits per heavy atom. The molecular formula is C13H16BrN3S. The minimum Gasteiger partial charge on any atom is -0.384 e. The fraction of sp³-hybridized carbons (Fsp3) is 0.308. The molecule has 0 saturated carbocycles. The normalized spacial score (nSPS) is 10.3. The minimum atomic E-state index is 0.817. The molecule has 2 rings (SSSR count). The van der Waals surface area contributed by atoms with E-state index in [4.69, 9.17) is 0 Å². The zero-order chi connectivity index (χ0) is 12.8. The van der Waals surface area contributed by atoms with Crippen LogP contribution in [-0.2, 0) is 6.54 Å². The highest BCUT2D eigenvalue weighted by Crippen LogP contribution is 2.24. The quantitative estimate of drug-likeness (QED) is 0.829. The molecule has 0 unspecified atom stereocenters. The summed E-state index contributed by atoms with van der Waals surface area (Å²) in [6.07, 6.45) is 4.81. The summed E-state index contributed by atoms with van der Waals surface area (Å²) in [6, 6.07) is 4.16. The molecule has 0 amide bonds. The lowest BCUT2D eigenvalue weighted by molar-refractivity contribution is 0.977. The summed E-state index contributed by atoms with van der Waals surface area (Å²) in [5.74, 6) is 0. The maximum atomic E-state index is 4.23.